The summed E-state index contributed by atoms with van der Waals surface area (Å²) >= 11 is 0. The first-order valence-electron chi connectivity index (χ1n) is 7.08. The van der Waals surface area contributed by atoms with Crippen LogP contribution in [0.25, 0.3) is 0 Å². The van der Waals surface area contributed by atoms with Crippen LogP contribution in [0.2, 0.25) is 0 Å². The average Bonchev–Trinajstić information content (AvgIpc) is 2.94. The summed E-state index contributed by atoms with van der Waals surface area (Å²) in [6.45, 7) is 3.16. The van der Waals surface area contributed by atoms with Crippen LogP contribution in [0, 0.1) is 5.92 Å². The van der Waals surface area contributed by atoms with Gasteiger partial charge < -0.3 is 10.0 Å². The van der Waals surface area contributed by atoms with Gasteiger partial charge in [0.2, 0.25) is 0 Å². The first-order valence-corrected chi connectivity index (χ1v) is 7.08. The molecule has 1 unspecified atom stereocenters. The molecule has 19 heavy (non-hydrogen) atoms. The minimum absolute atomic E-state index is 0.144. The van der Waals surface area contributed by atoms with E-state index in [1.807, 2.05) is 18.9 Å². The van der Waals surface area contributed by atoms with Gasteiger partial charge in [0, 0.05) is 19.7 Å². The maximum atomic E-state index is 12.0. The van der Waals surface area contributed by atoms with Crippen molar-refractivity contribution in [1.29, 1.82) is 0 Å². The van der Waals surface area contributed by atoms with Crippen LogP contribution in [0.3, 0.4) is 0 Å². The third-order valence-electron chi connectivity index (χ3n) is 4.07. The van der Waals surface area contributed by atoms with E-state index in [4.69, 9.17) is 0 Å². The Morgan fingerprint density at radius 3 is 2.79 bits per heavy atom. The summed E-state index contributed by atoms with van der Waals surface area (Å²) in [6.07, 6.45) is 5.72. The molecule has 0 saturated heterocycles. The largest absolute Gasteiger partial charge is 0.391 e. The van der Waals surface area contributed by atoms with Gasteiger partial charge >= 0.3 is 0 Å². The topological polar surface area (TPSA) is 58.4 Å². The van der Waals surface area contributed by atoms with Crippen molar-refractivity contribution in [3.63, 3.8) is 0 Å². The maximum Gasteiger partial charge on any atom is 0.268 e. The Labute approximate surface area is 113 Å². The highest BCUT2D eigenvalue weighted by Gasteiger charge is 2.23. The first kappa shape index (κ1) is 14.1. The van der Waals surface area contributed by atoms with E-state index in [1.54, 1.807) is 12.3 Å². The summed E-state index contributed by atoms with van der Waals surface area (Å²) in [7, 11) is 1.92. The molecule has 1 aliphatic carbocycles. The lowest BCUT2D eigenvalue weighted by Gasteiger charge is -2.19. The molecule has 0 radical (unpaired) electrons. The van der Waals surface area contributed by atoms with E-state index in [9.17, 15) is 9.90 Å². The zero-order chi connectivity index (χ0) is 13.8. The van der Waals surface area contributed by atoms with Crippen LogP contribution >= 0.6 is 0 Å². The number of aromatic nitrogens is 2. The van der Waals surface area contributed by atoms with Crippen LogP contribution < -0.4 is 10.5 Å². The minimum atomic E-state index is -0.456. The second kappa shape index (κ2) is 6.19. The summed E-state index contributed by atoms with van der Waals surface area (Å²) < 4.78 is 1.37. The quantitative estimate of drug-likeness (QED) is 0.870. The van der Waals surface area contributed by atoms with Crippen LogP contribution in [0.1, 0.15) is 32.6 Å². The van der Waals surface area contributed by atoms with Crippen molar-refractivity contribution >= 4 is 5.69 Å². The Morgan fingerprint density at radius 2 is 2.21 bits per heavy atom. The summed E-state index contributed by atoms with van der Waals surface area (Å²) in [4.78, 5) is 13.9. The molecule has 1 atom stereocenters. The van der Waals surface area contributed by atoms with Crippen LogP contribution in [0.15, 0.2) is 17.1 Å². The Hall–Kier alpha value is -1.36. The zero-order valence-corrected chi connectivity index (χ0v) is 11.7. The van der Waals surface area contributed by atoms with Gasteiger partial charge in [-0.25, -0.2) is 4.68 Å². The SMILES string of the molecule is CCN(C)c1cnn(CC(O)C2CCCC2)c(=O)c1. The molecule has 1 N–H and O–H groups in total. The molecule has 0 aliphatic heterocycles. The number of nitrogens with zero attached hydrogens (tertiary/aromatic N) is 3. The number of anilines is 1. The molecular weight excluding hydrogens is 242 g/mol. The lowest BCUT2D eigenvalue weighted by atomic mass is 10.0. The smallest absolute Gasteiger partial charge is 0.268 e. The fourth-order valence-electron chi connectivity index (χ4n) is 2.62. The van der Waals surface area contributed by atoms with E-state index in [1.165, 1.54) is 17.5 Å². The van der Waals surface area contributed by atoms with Crippen molar-refractivity contribution in [1.82, 2.24) is 9.78 Å². The van der Waals surface area contributed by atoms with Crippen LogP contribution in [-0.4, -0.2) is 34.6 Å². The second-order valence-electron chi connectivity index (χ2n) is 5.36. The highest BCUT2D eigenvalue weighted by molar-refractivity contribution is 5.41. The molecular formula is C14H23N3O2. The Morgan fingerprint density at radius 1 is 1.53 bits per heavy atom. The third kappa shape index (κ3) is 3.35. The van der Waals surface area contributed by atoms with E-state index in [2.05, 4.69) is 5.10 Å². The van der Waals surface area contributed by atoms with E-state index in [0.717, 1.165) is 25.1 Å². The number of aliphatic hydroxyl groups excluding tert-OH is 1. The van der Waals surface area contributed by atoms with Crippen molar-refractivity contribution < 1.29 is 5.11 Å². The molecule has 106 valence electrons. The first-order chi connectivity index (χ1) is 9.11. The van der Waals surface area contributed by atoms with Crippen molar-refractivity contribution in [2.45, 2.75) is 45.3 Å². The van der Waals surface area contributed by atoms with Crippen LogP contribution in [0.4, 0.5) is 5.69 Å². The van der Waals surface area contributed by atoms with Gasteiger partial charge in [-0.2, -0.15) is 5.10 Å². The summed E-state index contributed by atoms with van der Waals surface area (Å²) in [5.41, 5.74) is 0.675. The maximum absolute atomic E-state index is 12.0. The summed E-state index contributed by atoms with van der Waals surface area (Å²) in [5, 5.41) is 14.3. The Kier molecular flexibility index (Phi) is 4.58. The average molecular weight is 265 g/mol. The molecule has 1 saturated carbocycles. The monoisotopic (exact) mass is 265 g/mol. The van der Waals surface area contributed by atoms with Crippen LogP contribution in [0.5, 0.6) is 0 Å². The molecule has 1 aromatic rings. The van der Waals surface area contributed by atoms with Gasteiger partial charge in [0.15, 0.2) is 0 Å². The lowest BCUT2D eigenvalue weighted by Crippen LogP contribution is -2.32. The second-order valence-corrected chi connectivity index (χ2v) is 5.36. The van der Waals surface area contributed by atoms with Gasteiger partial charge in [0.25, 0.3) is 5.56 Å². The highest BCUT2D eigenvalue weighted by Crippen LogP contribution is 2.28. The molecule has 1 fully saturated rings. The number of rotatable bonds is 5. The fourth-order valence-corrected chi connectivity index (χ4v) is 2.62. The summed E-state index contributed by atoms with van der Waals surface area (Å²) in [6, 6.07) is 1.58. The predicted octanol–water partition coefficient (Wildman–Crippen LogP) is 1.25. The van der Waals surface area contributed by atoms with E-state index in [-0.39, 0.29) is 5.56 Å². The number of hydrogen-bond acceptors (Lipinski definition) is 4. The van der Waals surface area contributed by atoms with Gasteiger partial charge in [0.05, 0.1) is 24.5 Å². The van der Waals surface area contributed by atoms with Gasteiger partial charge in [-0.05, 0) is 25.7 Å². The Bertz CT molecular complexity index is 466. The van der Waals surface area contributed by atoms with Crippen molar-refractivity contribution in [3.05, 3.63) is 22.6 Å². The van der Waals surface area contributed by atoms with Crippen molar-refractivity contribution in [2.24, 2.45) is 5.92 Å². The van der Waals surface area contributed by atoms with Crippen molar-refractivity contribution in [2.75, 3.05) is 18.5 Å². The van der Waals surface area contributed by atoms with Gasteiger partial charge in [-0.15, -0.1) is 0 Å². The molecule has 0 bridgehead atoms. The molecule has 5 heteroatoms. The number of hydrogen-bond donors (Lipinski definition) is 1. The summed E-state index contributed by atoms with van der Waals surface area (Å²) in [5.74, 6) is 0.326. The highest BCUT2D eigenvalue weighted by atomic mass is 16.3. The molecule has 0 aromatic carbocycles. The predicted molar refractivity (Wildman–Crippen MR) is 75.4 cm³/mol. The lowest BCUT2D eigenvalue weighted by molar-refractivity contribution is 0.0878. The van der Waals surface area contributed by atoms with E-state index < -0.39 is 6.10 Å². The van der Waals surface area contributed by atoms with Gasteiger partial charge in [0.1, 0.15) is 0 Å². The van der Waals surface area contributed by atoms with Crippen molar-refractivity contribution in [3.8, 4) is 0 Å². The standard InChI is InChI=1S/C14H23N3O2/c1-3-16(2)12-8-14(19)17(15-9-12)10-13(18)11-6-4-5-7-11/h8-9,11,13,18H,3-7,10H2,1-2H3. The molecule has 1 aliphatic rings. The Balaban J connectivity index is 2.06. The minimum Gasteiger partial charge on any atom is -0.391 e. The third-order valence-corrected chi connectivity index (χ3v) is 4.07. The van der Waals surface area contributed by atoms with E-state index >= 15 is 0 Å². The molecule has 0 spiro atoms. The van der Waals surface area contributed by atoms with Gasteiger partial charge in [-0.3, -0.25) is 4.79 Å². The molecule has 1 heterocycles. The van der Waals surface area contributed by atoms with E-state index in [0.29, 0.717) is 12.5 Å². The molecule has 5 nitrogen and oxygen atoms in total. The molecule has 2 rings (SSSR count). The fraction of sp³-hybridized carbons (Fsp3) is 0.714. The van der Waals surface area contributed by atoms with Gasteiger partial charge in [-0.1, -0.05) is 12.8 Å². The molecule has 0 amide bonds. The molecule has 1 aromatic heterocycles. The van der Waals surface area contributed by atoms with Crippen LogP contribution in [-0.2, 0) is 6.54 Å². The number of aliphatic hydroxyl groups is 1. The zero-order valence-electron chi connectivity index (χ0n) is 11.7. The normalized spacial score (nSPS) is 17.6.